The number of pyridine rings is 1. The van der Waals surface area contributed by atoms with Gasteiger partial charge in [-0.1, -0.05) is 31.3 Å². The quantitative estimate of drug-likeness (QED) is 0.926. The van der Waals surface area contributed by atoms with E-state index in [1.54, 1.807) is 12.3 Å². The Bertz CT molecular complexity index is 564. The van der Waals surface area contributed by atoms with Crippen molar-refractivity contribution >= 4 is 5.69 Å². The summed E-state index contributed by atoms with van der Waals surface area (Å²) in [7, 11) is 0. The van der Waals surface area contributed by atoms with Crippen molar-refractivity contribution in [2.45, 2.75) is 44.9 Å². The first-order valence-corrected chi connectivity index (χ1v) is 7.31. The second kappa shape index (κ2) is 5.61. The van der Waals surface area contributed by atoms with E-state index < -0.39 is 0 Å². The monoisotopic (exact) mass is 272 g/mol. The highest BCUT2D eigenvalue weighted by Crippen LogP contribution is 2.36. The molecular weight excluding hydrogens is 252 g/mol. The zero-order valence-electron chi connectivity index (χ0n) is 11.7. The van der Waals surface area contributed by atoms with Gasteiger partial charge in [-0.05, 0) is 30.9 Å². The van der Waals surface area contributed by atoms with Gasteiger partial charge < -0.3 is 10.3 Å². The first kappa shape index (κ1) is 13.1. The number of nitrogen functional groups attached to an aromatic ring is 1. The van der Waals surface area contributed by atoms with Crippen molar-refractivity contribution in [2.24, 2.45) is 5.92 Å². The van der Waals surface area contributed by atoms with Crippen LogP contribution in [0, 0.1) is 5.92 Å². The van der Waals surface area contributed by atoms with Crippen molar-refractivity contribution in [1.82, 2.24) is 15.1 Å². The highest BCUT2D eigenvalue weighted by molar-refractivity contribution is 5.50. The van der Waals surface area contributed by atoms with Crippen LogP contribution >= 0.6 is 0 Å². The van der Waals surface area contributed by atoms with E-state index in [2.05, 4.69) is 22.0 Å². The largest absolute Gasteiger partial charge is 0.397 e. The third-order valence-corrected chi connectivity index (χ3v) is 4.17. The number of nitrogens with zero attached hydrogens (tertiary/aromatic N) is 3. The first-order valence-electron chi connectivity index (χ1n) is 7.31. The zero-order valence-corrected chi connectivity index (χ0v) is 11.7. The van der Waals surface area contributed by atoms with Crippen molar-refractivity contribution in [1.29, 1.82) is 0 Å². The number of rotatable bonds is 3. The highest BCUT2D eigenvalue weighted by atomic mass is 16.5. The van der Waals surface area contributed by atoms with Gasteiger partial charge in [0.05, 0.1) is 11.9 Å². The van der Waals surface area contributed by atoms with Crippen LogP contribution in [0.4, 0.5) is 5.69 Å². The molecule has 2 heterocycles. The molecule has 2 atom stereocenters. The van der Waals surface area contributed by atoms with Crippen LogP contribution in [0.25, 0.3) is 11.6 Å². The third kappa shape index (κ3) is 2.66. The summed E-state index contributed by atoms with van der Waals surface area (Å²) < 4.78 is 5.35. The van der Waals surface area contributed by atoms with Gasteiger partial charge >= 0.3 is 0 Å². The third-order valence-electron chi connectivity index (χ3n) is 4.17. The van der Waals surface area contributed by atoms with Gasteiger partial charge in [0, 0.05) is 5.92 Å². The Morgan fingerprint density at radius 2 is 2.25 bits per heavy atom. The molecule has 20 heavy (non-hydrogen) atoms. The maximum Gasteiger partial charge on any atom is 0.276 e. The van der Waals surface area contributed by atoms with Gasteiger partial charge in [0.1, 0.15) is 5.69 Å². The van der Waals surface area contributed by atoms with Gasteiger partial charge in [-0.3, -0.25) is 0 Å². The fourth-order valence-corrected chi connectivity index (χ4v) is 2.93. The Morgan fingerprint density at radius 1 is 1.35 bits per heavy atom. The Morgan fingerprint density at radius 3 is 3.00 bits per heavy atom. The predicted molar refractivity (Wildman–Crippen MR) is 76.9 cm³/mol. The Kier molecular flexibility index (Phi) is 3.67. The fraction of sp³-hybridized carbons (Fsp3) is 0.533. The zero-order chi connectivity index (χ0) is 13.9. The highest BCUT2D eigenvalue weighted by Gasteiger charge is 2.26. The van der Waals surface area contributed by atoms with Gasteiger partial charge in [-0.25, -0.2) is 4.98 Å². The minimum Gasteiger partial charge on any atom is -0.397 e. The molecule has 1 aliphatic rings. The lowest BCUT2D eigenvalue weighted by atomic mass is 9.80. The SMILES string of the molecule is CCC1CCCC(c2noc(-c3ccc(N)cn3)n2)C1. The van der Waals surface area contributed by atoms with Crippen LogP contribution in [0.2, 0.25) is 0 Å². The van der Waals surface area contributed by atoms with Crippen molar-refractivity contribution in [3.8, 4) is 11.6 Å². The van der Waals surface area contributed by atoms with Crippen LogP contribution in [0.3, 0.4) is 0 Å². The van der Waals surface area contributed by atoms with E-state index in [9.17, 15) is 0 Å². The van der Waals surface area contributed by atoms with Crippen LogP contribution in [0.1, 0.15) is 50.8 Å². The van der Waals surface area contributed by atoms with Crippen LogP contribution in [-0.4, -0.2) is 15.1 Å². The van der Waals surface area contributed by atoms with E-state index in [-0.39, 0.29) is 0 Å². The van der Waals surface area contributed by atoms with Gasteiger partial charge in [-0.2, -0.15) is 4.98 Å². The summed E-state index contributed by atoms with van der Waals surface area (Å²) in [6, 6.07) is 3.60. The second-order valence-electron chi connectivity index (χ2n) is 5.57. The average Bonchev–Trinajstić information content (AvgIpc) is 2.98. The molecule has 2 aromatic rings. The van der Waals surface area contributed by atoms with Gasteiger partial charge in [0.15, 0.2) is 5.82 Å². The normalized spacial score (nSPS) is 22.9. The summed E-state index contributed by atoms with van der Waals surface area (Å²) in [4.78, 5) is 8.74. The van der Waals surface area contributed by atoms with Crippen LogP contribution in [0.5, 0.6) is 0 Å². The number of anilines is 1. The average molecular weight is 272 g/mol. The molecular formula is C15H20N4O. The number of nitrogens with two attached hydrogens (primary N) is 1. The molecule has 0 spiro atoms. The molecule has 0 bridgehead atoms. The summed E-state index contributed by atoms with van der Waals surface area (Å²) in [5, 5.41) is 4.15. The minimum absolute atomic E-state index is 0.431. The molecule has 106 valence electrons. The van der Waals surface area contributed by atoms with E-state index in [4.69, 9.17) is 10.3 Å². The predicted octanol–water partition coefficient (Wildman–Crippen LogP) is 3.40. The second-order valence-corrected chi connectivity index (χ2v) is 5.57. The molecule has 0 saturated heterocycles. The van der Waals surface area contributed by atoms with Gasteiger partial charge in [-0.15, -0.1) is 0 Å². The van der Waals surface area contributed by atoms with Crippen molar-refractivity contribution < 1.29 is 4.52 Å². The molecule has 0 aliphatic heterocycles. The Balaban J connectivity index is 1.78. The van der Waals surface area contributed by atoms with Gasteiger partial charge in [0.25, 0.3) is 5.89 Å². The molecule has 5 heteroatoms. The molecule has 2 aromatic heterocycles. The standard InChI is InChI=1S/C15H20N4O/c1-2-10-4-3-5-11(8-10)14-18-15(20-19-14)13-7-6-12(16)9-17-13/h6-7,9-11H,2-5,8,16H2,1H3. The van der Waals surface area contributed by atoms with Crippen molar-refractivity contribution in [2.75, 3.05) is 5.73 Å². The Labute approximate surface area is 118 Å². The van der Waals surface area contributed by atoms with E-state index in [0.717, 1.165) is 18.2 Å². The molecule has 0 aromatic carbocycles. The molecule has 1 fully saturated rings. The molecule has 1 saturated carbocycles. The lowest BCUT2D eigenvalue weighted by Crippen LogP contribution is -2.14. The van der Waals surface area contributed by atoms with Crippen LogP contribution in [0.15, 0.2) is 22.9 Å². The van der Waals surface area contributed by atoms with Crippen LogP contribution < -0.4 is 5.73 Å². The number of hydrogen-bond donors (Lipinski definition) is 1. The van der Waals surface area contributed by atoms with E-state index >= 15 is 0 Å². The molecule has 2 unspecified atom stereocenters. The molecule has 0 amide bonds. The lowest BCUT2D eigenvalue weighted by Gasteiger charge is -2.26. The number of hydrogen-bond acceptors (Lipinski definition) is 5. The minimum atomic E-state index is 0.431. The molecule has 1 aliphatic carbocycles. The number of aromatic nitrogens is 3. The summed E-state index contributed by atoms with van der Waals surface area (Å²) in [5.74, 6) is 2.54. The first-order chi connectivity index (χ1) is 9.76. The molecule has 3 rings (SSSR count). The smallest absolute Gasteiger partial charge is 0.276 e. The maximum absolute atomic E-state index is 5.63. The maximum atomic E-state index is 5.63. The van der Waals surface area contributed by atoms with E-state index in [0.29, 0.717) is 23.2 Å². The van der Waals surface area contributed by atoms with Crippen LogP contribution in [-0.2, 0) is 0 Å². The van der Waals surface area contributed by atoms with E-state index in [1.807, 2.05) is 6.07 Å². The Hall–Kier alpha value is -1.91. The topological polar surface area (TPSA) is 77.8 Å². The summed E-state index contributed by atoms with van der Waals surface area (Å²) in [6.45, 7) is 2.26. The lowest BCUT2D eigenvalue weighted by molar-refractivity contribution is 0.300. The molecule has 2 N–H and O–H groups in total. The molecule has 5 nitrogen and oxygen atoms in total. The van der Waals surface area contributed by atoms with Crippen molar-refractivity contribution in [3.05, 3.63) is 24.2 Å². The summed E-state index contributed by atoms with van der Waals surface area (Å²) in [6.07, 6.45) is 7.76. The summed E-state index contributed by atoms with van der Waals surface area (Å²) >= 11 is 0. The van der Waals surface area contributed by atoms with Crippen molar-refractivity contribution in [3.63, 3.8) is 0 Å². The molecule has 0 radical (unpaired) electrons. The fourth-order valence-electron chi connectivity index (χ4n) is 2.93. The van der Waals surface area contributed by atoms with Gasteiger partial charge in [0.2, 0.25) is 0 Å². The summed E-state index contributed by atoms with van der Waals surface area (Å²) in [5.41, 5.74) is 6.94. The van der Waals surface area contributed by atoms with E-state index in [1.165, 1.54) is 25.7 Å².